The Labute approximate surface area is 83.1 Å². The fourth-order valence-electron chi connectivity index (χ4n) is 1.53. The molecule has 0 aromatic heterocycles. The summed E-state index contributed by atoms with van der Waals surface area (Å²) in [6.07, 6.45) is -4.53. The number of benzene rings is 2. The fraction of sp³-hybridized carbons (Fsp3) is 0.0909. The van der Waals surface area contributed by atoms with Crippen molar-refractivity contribution in [2.45, 2.75) is 6.18 Å². The van der Waals surface area contributed by atoms with Gasteiger partial charge in [-0.3, -0.25) is 0 Å². The molecule has 0 unspecified atom stereocenters. The van der Waals surface area contributed by atoms with Gasteiger partial charge in [-0.25, -0.2) is 4.39 Å². The Kier molecular flexibility index (Phi) is 2.14. The highest BCUT2D eigenvalue weighted by Gasteiger charge is 2.33. The smallest absolute Gasteiger partial charge is 0.206 e. The molecule has 2 aromatic rings. The van der Waals surface area contributed by atoms with E-state index in [-0.39, 0.29) is 10.8 Å². The number of alkyl halides is 3. The van der Waals surface area contributed by atoms with E-state index in [0.717, 1.165) is 12.1 Å². The zero-order valence-electron chi connectivity index (χ0n) is 7.48. The van der Waals surface area contributed by atoms with Crippen LogP contribution in [-0.2, 0) is 6.18 Å². The first-order chi connectivity index (χ1) is 7.00. The summed E-state index contributed by atoms with van der Waals surface area (Å²) in [5.41, 5.74) is -0.932. The van der Waals surface area contributed by atoms with Gasteiger partial charge in [0.15, 0.2) is 0 Å². The monoisotopic (exact) mass is 214 g/mol. The largest absolute Gasteiger partial charge is 0.417 e. The summed E-state index contributed by atoms with van der Waals surface area (Å²) in [6.45, 7) is 0. The van der Waals surface area contributed by atoms with Crippen LogP contribution in [0.25, 0.3) is 10.8 Å². The second kappa shape index (κ2) is 3.22. The van der Waals surface area contributed by atoms with Gasteiger partial charge in [0.05, 0.1) is 5.56 Å². The molecular formula is C11H6F4. The van der Waals surface area contributed by atoms with Gasteiger partial charge >= 0.3 is 6.18 Å². The molecule has 0 N–H and O–H groups in total. The van der Waals surface area contributed by atoms with E-state index in [2.05, 4.69) is 0 Å². The van der Waals surface area contributed by atoms with E-state index in [9.17, 15) is 17.6 Å². The lowest BCUT2D eigenvalue weighted by atomic mass is 10.0. The van der Waals surface area contributed by atoms with E-state index in [0.29, 0.717) is 0 Å². The Bertz CT molecular complexity index is 494. The summed E-state index contributed by atoms with van der Waals surface area (Å²) in [6, 6.07) is 7.46. The van der Waals surface area contributed by atoms with Crippen molar-refractivity contribution < 1.29 is 17.6 Å². The highest BCUT2D eigenvalue weighted by Crippen LogP contribution is 2.35. The maximum Gasteiger partial charge on any atom is 0.417 e. The van der Waals surface area contributed by atoms with Crippen LogP contribution in [0, 0.1) is 5.82 Å². The second-order valence-corrected chi connectivity index (χ2v) is 3.14. The van der Waals surface area contributed by atoms with Crippen LogP contribution in [0.4, 0.5) is 17.6 Å². The summed E-state index contributed by atoms with van der Waals surface area (Å²) in [5, 5.41) is -0.114. The van der Waals surface area contributed by atoms with E-state index in [1.165, 1.54) is 24.3 Å². The van der Waals surface area contributed by atoms with Crippen molar-refractivity contribution in [2.24, 2.45) is 0 Å². The van der Waals surface area contributed by atoms with Gasteiger partial charge in [0, 0.05) is 5.39 Å². The Hall–Kier alpha value is -1.58. The number of halogens is 4. The van der Waals surface area contributed by atoms with Crippen LogP contribution < -0.4 is 0 Å². The van der Waals surface area contributed by atoms with E-state index < -0.39 is 17.6 Å². The summed E-state index contributed by atoms with van der Waals surface area (Å²) in [5.74, 6) is -0.847. The van der Waals surface area contributed by atoms with Gasteiger partial charge in [-0.05, 0) is 17.5 Å². The van der Waals surface area contributed by atoms with Gasteiger partial charge in [-0.1, -0.05) is 24.3 Å². The van der Waals surface area contributed by atoms with Gasteiger partial charge in [0.25, 0.3) is 0 Å². The molecule has 0 amide bonds. The molecule has 0 aliphatic carbocycles. The third-order valence-corrected chi connectivity index (χ3v) is 2.16. The Balaban J connectivity index is 2.86. The lowest BCUT2D eigenvalue weighted by molar-refractivity contribution is -0.136. The Morgan fingerprint density at radius 1 is 0.867 bits per heavy atom. The molecule has 2 rings (SSSR count). The molecular weight excluding hydrogens is 208 g/mol. The standard InChI is InChI=1S/C11H6F4/c12-9-6-2-4-7-3-1-5-8(10(7)9)11(13,14)15/h1-6H. The highest BCUT2D eigenvalue weighted by atomic mass is 19.4. The molecule has 0 aliphatic rings. The number of hydrogen-bond donors (Lipinski definition) is 0. The third-order valence-electron chi connectivity index (χ3n) is 2.16. The summed E-state index contributed by atoms with van der Waals surface area (Å²) >= 11 is 0. The molecule has 0 saturated carbocycles. The quantitative estimate of drug-likeness (QED) is 0.581. The van der Waals surface area contributed by atoms with Crippen LogP contribution in [0.5, 0.6) is 0 Å². The maximum absolute atomic E-state index is 13.3. The van der Waals surface area contributed by atoms with Gasteiger partial charge in [-0.2, -0.15) is 13.2 Å². The van der Waals surface area contributed by atoms with Crippen molar-refractivity contribution in [3.8, 4) is 0 Å². The van der Waals surface area contributed by atoms with Crippen LogP contribution in [0.2, 0.25) is 0 Å². The molecule has 78 valence electrons. The molecule has 4 heteroatoms. The molecule has 0 heterocycles. The molecule has 0 radical (unpaired) electrons. The van der Waals surface area contributed by atoms with Crippen molar-refractivity contribution in [3.05, 3.63) is 47.8 Å². The molecule has 2 aromatic carbocycles. The summed E-state index contributed by atoms with van der Waals surface area (Å²) < 4.78 is 50.9. The van der Waals surface area contributed by atoms with Crippen molar-refractivity contribution in [2.75, 3.05) is 0 Å². The second-order valence-electron chi connectivity index (χ2n) is 3.14. The topological polar surface area (TPSA) is 0 Å². The molecule has 0 aliphatic heterocycles. The first-order valence-electron chi connectivity index (χ1n) is 4.24. The van der Waals surface area contributed by atoms with Crippen molar-refractivity contribution >= 4 is 10.8 Å². The van der Waals surface area contributed by atoms with E-state index >= 15 is 0 Å². The normalized spacial score (nSPS) is 12.0. The third kappa shape index (κ3) is 1.67. The van der Waals surface area contributed by atoms with Crippen LogP contribution in [0.15, 0.2) is 36.4 Å². The minimum absolute atomic E-state index is 0.254. The van der Waals surface area contributed by atoms with Crippen LogP contribution in [-0.4, -0.2) is 0 Å². The minimum Gasteiger partial charge on any atom is -0.206 e. The number of rotatable bonds is 0. The first kappa shape index (κ1) is 9.96. The fourth-order valence-corrected chi connectivity index (χ4v) is 1.53. The van der Waals surface area contributed by atoms with Gasteiger partial charge < -0.3 is 0 Å². The number of fused-ring (bicyclic) bond motifs is 1. The summed E-state index contributed by atoms with van der Waals surface area (Å²) in [4.78, 5) is 0. The van der Waals surface area contributed by atoms with E-state index in [1.807, 2.05) is 0 Å². The number of hydrogen-bond acceptors (Lipinski definition) is 0. The average Bonchev–Trinajstić information content (AvgIpc) is 2.16. The minimum atomic E-state index is -4.53. The molecule has 0 bridgehead atoms. The van der Waals surface area contributed by atoms with Crippen LogP contribution in [0.1, 0.15) is 5.56 Å². The zero-order valence-corrected chi connectivity index (χ0v) is 7.48. The predicted molar refractivity (Wildman–Crippen MR) is 48.9 cm³/mol. The average molecular weight is 214 g/mol. The van der Waals surface area contributed by atoms with Crippen molar-refractivity contribution in [1.29, 1.82) is 0 Å². The predicted octanol–water partition coefficient (Wildman–Crippen LogP) is 4.00. The lowest BCUT2D eigenvalue weighted by Crippen LogP contribution is -2.06. The SMILES string of the molecule is Fc1cccc2cccc(C(F)(F)F)c12. The van der Waals surface area contributed by atoms with E-state index in [1.54, 1.807) is 0 Å². The molecule has 0 saturated heterocycles. The van der Waals surface area contributed by atoms with E-state index in [4.69, 9.17) is 0 Å². The molecule has 0 atom stereocenters. The Morgan fingerprint density at radius 2 is 1.47 bits per heavy atom. The van der Waals surface area contributed by atoms with Gasteiger partial charge in [0.1, 0.15) is 5.82 Å². The molecule has 0 nitrogen and oxygen atoms in total. The molecule has 15 heavy (non-hydrogen) atoms. The summed E-state index contributed by atoms with van der Waals surface area (Å²) in [7, 11) is 0. The van der Waals surface area contributed by atoms with Crippen molar-refractivity contribution in [3.63, 3.8) is 0 Å². The van der Waals surface area contributed by atoms with Crippen LogP contribution in [0.3, 0.4) is 0 Å². The Morgan fingerprint density at radius 3 is 2.07 bits per heavy atom. The van der Waals surface area contributed by atoms with Crippen LogP contribution >= 0.6 is 0 Å². The van der Waals surface area contributed by atoms with Gasteiger partial charge in [0.2, 0.25) is 0 Å². The molecule has 0 fully saturated rings. The highest BCUT2D eigenvalue weighted by molar-refractivity contribution is 5.86. The van der Waals surface area contributed by atoms with Crippen molar-refractivity contribution in [1.82, 2.24) is 0 Å². The zero-order chi connectivity index (χ0) is 11.1. The maximum atomic E-state index is 13.3. The molecule has 0 spiro atoms. The first-order valence-corrected chi connectivity index (χ1v) is 4.24. The van der Waals surface area contributed by atoms with Gasteiger partial charge in [-0.15, -0.1) is 0 Å². The lowest BCUT2D eigenvalue weighted by Gasteiger charge is -2.10.